The highest BCUT2D eigenvalue weighted by Crippen LogP contribution is 2.28. The van der Waals surface area contributed by atoms with Crippen molar-refractivity contribution in [3.05, 3.63) is 0 Å². The lowest BCUT2D eigenvalue weighted by atomic mass is 10.4. The van der Waals surface area contributed by atoms with Crippen molar-refractivity contribution in [2.24, 2.45) is 5.73 Å². The molecule has 0 radical (unpaired) electrons. The van der Waals surface area contributed by atoms with Crippen molar-refractivity contribution < 1.29 is 21.8 Å². The Morgan fingerprint density at radius 1 is 0.652 bits per heavy atom. The van der Waals surface area contributed by atoms with Gasteiger partial charge in [-0.15, -0.1) is 0 Å². The van der Waals surface area contributed by atoms with E-state index in [2.05, 4.69) is 6.92 Å². The molecule has 0 aliphatic carbocycles. The largest absolute Gasteiger partial charge is 0.493 e. The molecule has 140 valence electrons. The second-order valence-corrected chi connectivity index (χ2v) is 10.9. The zero-order valence-electron chi connectivity index (χ0n) is 15.7. The van der Waals surface area contributed by atoms with E-state index < -0.39 is 17.6 Å². The maximum Gasteiger partial charge on any atom is 0.493 e. The highest BCUT2D eigenvalue weighted by atomic mass is 28.5. The highest BCUT2D eigenvalue weighted by Gasteiger charge is 2.52. The fraction of sp³-hybridized carbons (Fsp3) is 1.00. The third-order valence-corrected chi connectivity index (χ3v) is 10.6. The summed E-state index contributed by atoms with van der Waals surface area (Å²) in [7, 11) is -5.65. The van der Waals surface area contributed by atoms with E-state index in [9.17, 15) is 0 Å². The van der Waals surface area contributed by atoms with Gasteiger partial charge in [0.15, 0.2) is 0 Å². The molecule has 2 N–H and O–H groups in total. The van der Waals surface area contributed by atoms with E-state index in [0.717, 1.165) is 25.3 Å². The van der Waals surface area contributed by atoms with Gasteiger partial charge in [0.2, 0.25) is 0 Å². The van der Waals surface area contributed by atoms with Crippen LogP contribution < -0.4 is 5.73 Å². The van der Waals surface area contributed by atoms with Gasteiger partial charge in [-0.1, -0.05) is 13.3 Å². The number of unbranched alkanes of at least 4 members (excludes halogenated alkanes) is 1. The first-order valence-corrected chi connectivity index (χ1v) is 12.9. The first-order valence-electron chi connectivity index (χ1n) is 9.03. The molecule has 0 aliphatic heterocycles. The van der Waals surface area contributed by atoms with Crippen LogP contribution in [0.15, 0.2) is 0 Å². The van der Waals surface area contributed by atoms with Gasteiger partial charge >= 0.3 is 17.6 Å². The minimum absolute atomic E-state index is 0.549. The van der Waals surface area contributed by atoms with Crippen LogP contribution in [0.3, 0.4) is 0 Å². The van der Waals surface area contributed by atoms with Crippen molar-refractivity contribution in [2.75, 3.05) is 33.0 Å². The van der Waals surface area contributed by atoms with E-state index >= 15 is 0 Å². The summed E-state index contributed by atoms with van der Waals surface area (Å²) in [6.45, 7) is 12.8. The second-order valence-electron chi connectivity index (χ2n) is 5.20. The van der Waals surface area contributed by atoms with Crippen LogP contribution in [0.2, 0.25) is 12.1 Å². The van der Waals surface area contributed by atoms with Gasteiger partial charge in [-0.25, -0.2) is 0 Å². The summed E-state index contributed by atoms with van der Waals surface area (Å²) in [5, 5.41) is 0. The quantitative estimate of drug-likeness (QED) is 0.422. The summed E-state index contributed by atoms with van der Waals surface area (Å²) in [5.74, 6) is 0. The molecule has 23 heavy (non-hydrogen) atoms. The normalized spacial score (nSPS) is 12.8. The average Bonchev–Trinajstić information content (AvgIpc) is 2.52. The second kappa shape index (κ2) is 13.5. The molecule has 0 atom stereocenters. The van der Waals surface area contributed by atoms with Crippen LogP contribution >= 0.6 is 0 Å². The third-order valence-electron chi connectivity index (χ3n) is 3.29. The molecule has 8 heteroatoms. The molecule has 0 spiro atoms. The average molecular weight is 368 g/mol. The Labute approximate surface area is 144 Å². The molecule has 0 aromatic rings. The lowest BCUT2D eigenvalue weighted by Gasteiger charge is -2.38. The molecular formula is C15H37NO5Si2. The van der Waals surface area contributed by atoms with Crippen LogP contribution in [0.1, 0.15) is 53.9 Å². The smallest absolute Gasteiger partial charge is 0.374 e. The van der Waals surface area contributed by atoms with Crippen LogP contribution in [0.5, 0.6) is 0 Å². The van der Waals surface area contributed by atoms with Gasteiger partial charge in [0.1, 0.15) is 0 Å². The first-order chi connectivity index (χ1) is 11.1. The molecule has 0 saturated heterocycles. The number of hydrogen-bond acceptors (Lipinski definition) is 6. The molecule has 0 aromatic carbocycles. The minimum atomic E-state index is -2.84. The zero-order valence-corrected chi connectivity index (χ0v) is 17.7. The Morgan fingerprint density at radius 3 is 1.35 bits per heavy atom. The highest BCUT2D eigenvalue weighted by molar-refractivity contribution is 6.75. The minimum Gasteiger partial charge on any atom is -0.374 e. The SMILES string of the molecule is CCCC[Si](OCC)(OCC)O[Si](CCCN)(OCC)OCC. The molecule has 0 fully saturated rings. The Balaban J connectivity index is 5.39. The fourth-order valence-electron chi connectivity index (χ4n) is 2.42. The van der Waals surface area contributed by atoms with Crippen LogP contribution in [0.25, 0.3) is 0 Å². The molecule has 0 saturated carbocycles. The van der Waals surface area contributed by atoms with E-state index in [1.54, 1.807) is 0 Å². The molecule has 0 rings (SSSR count). The monoisotopic (exact) mass is 367 g/mol. The summed E-state index contributed by atoms with van der Waals surface area (Å²) >= 11 is 0. The van der Waals surface area contributed by atoms with Gasteiger partial charge in [-0.05, 0) is 47.1 Å². The summed E-state index contributed by atoms with van der Waals surface area (Å²) in [5.41, 5.74) is 5.69. The van der Waals surface area contributed by atoms with Crippen LogP contribution in [0.4, 0.5) is 0 Å². The fourth-order valence-corrected chi connectivity index (χ4v) is 10.0. The lowest BCUT2D eigenvalue weighted by molar-refractivity contribution is 0.0489. The molecule has 0 bridgehead atoms. The van der Waals surface area contributed by atoms with Crippen LogP contribution in [-0.4, -0.2) is 50.6 Å². The van der Waals surface area contributed by atoms with E-state index in [4.69, 9.17) is 27.6 Å². The molecule has 6 nitrogen and oxygen atoms in total. The van der Waals surface area contributed by atoms with E-state index in [1.165, 1.54) is 0 Å². The predicted octanol–water partition coefficient (Wildman–Crippen LogP) is 3.18. The van der Waals surface area contributed by atoms with Crippen molar-refractivity contribution in [2.45, 2.75) is 66.0 Å². The van der Waals surface area contributed by atoms with Crippen molar-refractivity contribution in [3.63, 3.8) is 0 Å². The maximum atomic E-state index is 6.52. The zero-order chi connectivity index (χ0) is 17.6. The van der Waals surface area contributed by atoms with Crippen molar-refractivity contribution in [1.82, 2.24) is 0 Å². The Bertz CT molecular complexity index is 247. The van der Waals surface area contributed by atoms with Crippen molar-refractivity contribution >= 4 is 17.6 Å². The molecule has 0 heterocycles. The molecule has 0 aliphatic rings. The van der Waals surface area contributed by atoms with Gasteiger partial charge in [-0.3, -0.25) is 0 Å². The Hall–Kier alpha value is 0.194. The summed E-state index contributed by atoms with van der Waals surface area (Å²) in [6.07, 6.45) is 2.88. The predicted molar refractivity (Wildman–Crippen MR) is 97.3 cm³/mol. The van der Waals surface area contributed by atoms with Crippen LogP contribution in [0, 0.1) is 0 Å². The van der Waals surface area contributed by atoms with Crippen molar-refractivity contribution in [1.29, 1.82) is 0 Å². The van der Waals surface area contributed by atoms with Gasteiger partial charge in [0.05, 0.1) is 0 Å². The number of nitrogens with two attached hydrogens (primary N) is 1. The summed E-state index contributed by atoms with van der Waals surface area (Å²) in [4.78, 5) is 0. The maximum absolute atomic E-state index is 6.52. The summed E-state index contributed by atoms with van der Waals surface area (Å²) < 4.78 is 30.6. The first kappa shape index (κ1) is 23.2. The topological polar surface area (TPSA) is 72.2 Å². The third kappa shape index (κ3) is 8.73. The molecular weight excluding hydrogens is 330 g/mol. The van der Waals surface area contributed by atoms with Gasteiger partial charge in [0.25, 0.3) is 0 Å². The van der Waals surface area contributed by atoms with Crippen LogP contribution in [-0.2, 0) is 21.8 Å². The Morgan fingerprint density at radius 2 is 1.04 bits per heavy atom. The number of hydrogen-bond donors (Lipinski definition) is 1. The van der Waals surface area contributed by atoms with Gasteiger partial charge < -0.3 is 27.6 Å². The van der Waals surface area contributed by atoms with E-state index in [-0.39, 0.29) is 0 Å². The number of rotatable bonds is 16. The van der Waals surface area contributed by atoms with E-state index in [1.807, 2.05) is 27.7 Å². The molecule has 0 amide bonds. The van der Waals surface area contributed by atoms with Gasteiger partial charge in [-0.2, -0.15) is 0 Å². The van der Waals surface area contributed by atoms with E-state index in [0.29, 0.717) is 39.0 Å². The molecule has 0 aromatic heterocycles. The molecule has 0 unspecified atom stereocenters. The Kier molecular flexibility index (Phi) is 13.6. The summed E-state index contributed by atoms with van der Waals surface area (Å²) in [6, 6.07) is 1.49. The standard InChI is InChI=1S/C15H37NO5Si2/c1-6-11-14-22(17-7-2,18-8-3)21-23(19-9-4,20-10-5)15-12-13-16/h6-16H2,1-5H3. The van der Waals surface area contributed by atoms with Gasteiger partial charge in [0, 0.05) is 38.5 Å². The lowest BCUT2D eigenvalue weighted by Crippen LogP contribution is -2.59. The van der Waals surface area contributed by atoms with Crippen molar-refractivity contribution in [3.8, 4) is 0 Å².